The summed E-state index contributed by atoms with van der Waals surface area (Å²) >= 11 is 0. The number of anilines is 1. The molecule has 0 bridgehead atoms. The van der Waals surface area contributed by atoms with Gasteiger partial charge >= 0.3 is 0 Å². The van der Waals surface area contributed by atoms with Gasteiger partial charge in [0.05, 0.1) is 12.0 Å². The highest BCUT2D eigenvalue weighted by Crippen LogP contribution is 2.51. The van der Waals surface area contributed by atoms with E-state index in [1.807, 2.05) is 13.8 Å². The summed E-state index contributed by atoms with van der Waals surface area (Å²) in [4.78, 5) is 11.1. The van der Waals surface area contributed by atoms with Gasteiger partial charge in [-0.25, -0.2) is 9.97 Å². The lowest BCUT2D eigenvalue weighted by Gasteiger charge is -2.25. The van der Waals surface area contributed by atoms with E-state index in [1.165, 1.54) is 12.8 Å². The SMILES string of the molecule is CCOc1nccnc1N1C[C@@H]2CCC[C@]2(c2nnc(CC)o2)C1. The molecule has 24 heavy (non-hydrogen) atoms. The van der Waals surface area contributed by atoms with Crippen molar-refractivity contribution in [2.45, 2.75) is 44.9 Å². The molecule has 2 aliphatic rings. The first-order chi connectivity index (χ1) is 11.8. The number of rotatable bonds is 5. The van der Waals surface area contributed by atoms with Crippen molar-refractivity contribution < 1.29 is 9.15 Å². The van der Waals surface area contributed by atoms with Crippen molar-refractivity contribution in [3.63, 3.8) is 0 Å². The Morgan fingerprint density at radius 2 is 2.17 bits per heavy atom. The van der Waals surface area contributed by atoms with Crippen molar-refractivity contribution in [2.75, 3.05) is 24.6 Å². The number of aromatic nitrogens is 4. The molecule has 0 N–H and O–H groups in total. The standard InChI is InChI=1S/C17H23N5O2/c1-3-13-20-21-16(24-13)17-7-5-6-12(17)10-22(11-17)14-15(23-4-2)19-9-8-18-14/h8-9,12H,3-7,10-11H2,1-2H3/t12-,17-/m0/s1. The third kappa shape index (κ3) is 2.34. The molecule has 7 heteroatoms. The Morgan fingerprint density at radius 3 is 2.96 bits per heavy atom. The molecular formula is C17H23N5O2. The van der Waals surface area contributed by atoms with Crippen LogP contribution >= 0.6 is 0 Å². The van der Waals surface area contributed by atoms with Crippen LogP contribution in [0, 0.1) is 5.92 Å². The Kier molecular flexibility index (Phi) is 3.86. The van der Waals surface area contributed by atoms with Crippen LogP contribution in [0.2, 0.25) is 0 Å². The first-order valence-corrected chi connectivity index (χ1v) is 8.78. The lowest BCUT2D eigenvalue weighted by atomic mass is 9.80. The molecule has 0 radical (unpaired) electrons. The van der Waals surface area contributed by atoms with E-state index in [0.717, 1.165) is 43.5 Å². The average Bonchev–Trinajstić information content (AvgIpc) is 3.29. The predicted octanol–water partition coefficient (Wildman–Crippen LogP) is 2.38. The van der Waals surface area contributed by atoms with E-state index in [9.17, 15) is 0 Å². The topological polar surface area (TPSA) is 77.2 Å². The Balaban J connectivity index is 1.66. The average molecular weight is 329 g/mol. The number of hydrogen-bond acceptors (Lipinski definition) is 7. The van der Waals surface area contributed by atoms with E-state index in [4.69, 9.17) is 9.15 Å². The first-order valence-electron chi connectivity index (χ1n) is 8.78. The second-order valence-electron chi connectivity index (χ2n) is 6.60. The maximum atomic E-state index is 5.97. The van der Waals surface area contributed by atoms with Crippen LogP contribution in [-0.4, -0.2) is 39.9 Å². The Labute approximate surface area is 141 Å². The summed E-state index contributed by atoms with van der Waals surface area (Å²) in [5, 5.41) is 8.57. The lowest BCUT2D eigenvalue weighted by Crippen LogP contribution is -2.32. The molecule has 2 fully saturated rings. The second kappa shape index (κ2) is 6.03. The van der Waals surface area contributed by atoms with Crippen molar-refractivity contribution in [1.82, 2.24) is 20.2 Å². The Bertz CT molecular complexity index is 719. The summed E-state index contributed by atoms with van der Waals surface area (Å²) in [6.07, 6.45) is 7.65. The van der Waals surface area contributed by atoms with Gasteiger partial charge in [-0.15, -0.1) is 10.2 Å². The number of nitrogens with zero attached hydrogens (tertiary/aromatic N) is 5. The minimum Gasteiger partial charge on any atom is -0.475 e. The van der Waals surface area contributed by atoms with Gasteiger partial charge in [0, 0.05) is 31.9 Å². The fourth-order valence-corrected chi connectivity index (χ4v) is 4.17. The van der Waals surface area contributed by atoms with Crippen molar-refractivity contribution in [3.05, 3.63) is 24.2 Å². The van der Waals surface area contributed by atoms with Gasteiger partial charge in [-0.1, -0.05) is 13.3 Å². The molecule has 2 aromatic heterocycles. The van der Waals surface area contributed by atoms with Crippen molar-refractivity contribution in [3.8, 4) is 5.88 Å². The Hall–Kier alpha value is -2.18. The lowest BCUT2D eigenvalue weighted by molar-refractivity contribution is 0.296. The van der Waals surface area contributed by atoms with Crippen LogP contribution in [-0.2, 0) is 11.8 Å². The quantitative estimate of drug-likeness (QED) is 0.833. The van der Waals surface area contributed by atoms with Gasteiger partial charge in [0.25, 0.3) is 5.88 Å². The predicted molar refractivity (Wildman–Crippen MR) is 88.1 cm³/mol. The van der Waals surface area contributed by atoms with Crippen LogP contribution in [0.25, 0.3) is 0 Å². The van der Waals surface area contributed by atoms with E-state index in [-0.39, 0.29) is 5.41 Å². The van der Waals surface area contributed by atoms with Crippen LogP contribution in [0.3, 0.4) is 0 Å². The van der Waals surface area contributed by atoms with Gasteiger partial charge < -0.3 is 14.1 Å². The smallest absolute Gasteiger partial charge is 0.257 e. The van der Waals surface area contributed by atoms with Crippen LogP contribution < -0.4 is 9.64 Å². The maximum absolute atomic E-state index is 5.97. The molecular weight excluding hydrogens is 306 g/mol. The molecule has 2 atom stereocenters. The zero-order chi connectivity index (χ0) is 16.6. The van der Waals surface area contributed by atoms with Crippen molar-refractivity contribution in [1.29, 1.82) is 0 Å². The number of fused-ring (bicyclic) bond motifs is 1. The summed E-state index contributed by atoms with van der Waals surface area (Å²) in [6.45, 7) is 6.35. The van der Waals surface area contributed by atoms with Gasteiger partial charge in [-0.3, -0.25) is 0 Å². The van der Waals surface area contributed by atoms with E-state index < -0.39 is 0 Å². The van der Waals surface area contributed by atoms with Crippen LogP contribution in [0.15, 0.2) is 16.8 Å². The Morgan fingerprint density at radius 1 is 1.29 bits per heavy atom. The van der Waals surface area contributed by atoms with Crippen molar-refractivity contribution in [2.24, 2.45) is 5.92 Å². The monoisotopic (exact) mass is 329 g/mol. The molecule has 0 unspecified atom stereocenters. The molecule has 4 rings (SSSR count). The molecule has 1 saturated carbocycles. The molecule has 7 nitrogen and oxygen atoms in total. The van der Waals surface area contributed by atoms with Gasteiger partial charge in [0.15, 0.2) is 5.82 Å². The van der Waals surface area contributed by atoms with Gasteiger partial charge in [0.1, 0.15) is 0 Å². The van der Waals surface area contributed by atoms with Crippen LogP contribution in [0.5, 0.6) is 5.88 Å². The van der Waals surface area contributed by atoms with Gasteiger partial charge in [-0.2, -0.15) is 0 Å². The summed E-state index contributed by atoms with van der Waals surface area (Å²) in [6, 6.07) is 0. The molecule has 0 aromatic carbocycles. The second-order valence-corrected chi connectivity index (χ2v) is 6.60. The summed E-state index contributed by atoms with van der Waals surface area (Å²) < 4.78 is 11.6. The fraction of sp³-hybridized carbons (Fsp3) is 0.647. The number of ether oxygens (including phenoxy) is 1. The van der Waals surface area contributed by atoms with E-state index in [1.54, 1.807) is 12.4 Å². The number of aryl methyl sites for hydroxylation is 1. The summed E-state index contributed by atoms with van der Waals surface area (Å²) in [5.74, 6) is 3.46. The zero-order valence-corrected chi connectivity index (χ0v) is 14.2. The molecule has 0 amide bonds. The van der Waals surface area contributed by atoms with Crippen LogP contribution in [0.4, 0.5) is 5.82 Å². The maximum Gasteiger partial charge on any atom is 0.257 e. The van der Waals surface area contributed by atoms with E-state index in [2.05, 4.69) is 25.1 Å². The molecule has 1 aliphatic carbocycles. The third-order valence-electron chi connectivity index (χ3n) is 5.29. The third-order valence-corrected chi connectivity index (χ3v) is 5.29. The van der Waals surface area contributed by atoms with E-state index >= 15 is 0 Å². The summed E-state index contributed by atoms with van der Waals surface area (Å²) in [5.41, 5.74) is -0.0541. The molecule has 128 valence electrons. The highest BCUT2D eigenvalue weighted by Gasteiger charge is 2.54. The van der Waals surface area contributed by atoms with Crippen molar-refractivity contribution >= 4 is 5.82 Å². The van der Waals surface area contributed by atoms with E-state index in [0.29, 0.717) is 18.4 Å². The molecule has 0 spiro atoms. The first kappa shape index (κ1) is 15.4. The number of hydrogen-bond donors (Lipinski definition) is 0. The fourth-order valence-electron chi connectivity index (χ4n) is 4.17. The normalized spacial score (nSPS) is 25.9. The molecule has 3 heterocycles. The molecule has 1 saturated heterocycles. The highest BCUT2D eigenvalue weighted by molar-refractivity contribution is 5.51. The minimum atomic E-state index is -0.0541. The van der Waals surface area contributed by atoms with Gasteiger partial charge in [-0.05, 0) is 25.7 Å². The molecule has 2 aromatic rings. The van der Waals surface area contributed by atoms with Crippen LogP contribution in [0.1, 0.15) is 44.9 Å². The minimum absolute atomic E-state index is 0.0541. The summed E-state index contributed by atoms with van der Waals surface area (Å²) in [7, 11) is 0. The highest BCUT2D eigenvalue weighted by atomic mass is 16.5. The zero-order valence-electron chi connectivity index (χ0n) is 14.2. The van der Waals surface area contributed by atoms with Gasteiger partial charge in [0.2, 0.25) is 11.8 Å². The largest absolute Gasteiger partial charge is 0.475 e. The molecule has 1 aliphatic heterocycles.